The summed E-state index contributed by atoms with van der Waals surface area (Å²) in [4.78, 5) is 51.3. The number of rotatable bonds is 6. The Morgan fingerprint density at radius 2 is 1.84 bits per heavy atom. The fraction of sp³-hybridized carbons (Fsp3) is 0.424. The van der Waals surface area contributed by atoms with Crippen molar-refractivity contribution in [1.29, 1.82) is 0 Å². The summed E-state index contributed by atoms with van der Waals surface area (Å²) in [5, 5.41) is 8.88. The fourth-order valence-corrected chi connectivity index (χ4v) is 5.51. The Balaban J connectivity index is 1.56. The molecule has 232 valence electrons. The van der Waals surface area contributed by atoms with Crippen LogP contribution in [-0.2, 0) is 22.7 Å². The van der Waals surface area contributed by atoms with Gasteiger partial charge < -0.3 is 25.4 Å². The molecule has 2 aromatic heterocycles. The van der Waals surface area contributed by atoms with E-state index >= 15 is 0 Å². The van der Waals surface area contributed by atoms with Crippen LogP contribution in [0.15, 0.2) is 55.0 Å². The number of amides is 3. The topological polar surface area (TPSA) is 135 Å². The van der Waals surface area contributed by atoms with E-state index in [1.807, 2.05) is 44.2 Å². The van der Waals surface area contributed by atoms with Gasteiger partial charge in [0.05, 0.1) is 25.5 Å². The number of nitrogens with zero attached hydrogens (tertiary/aromatic N) is 3. The van der Waals surface area contributed by atoms with Crippen molar-refractivity contribution in [2.45, 2.75) is 57.8 Å². The Labute approximate surface area is 257 Å². The second kappa shape index (κ2) is 13.4. The van der Waals surface area contributed by atoms with E-state index < -0.39 is 17.5 Å². The van der Waals surface area contributed by atoms with Gasteiger partial charge in [-0.3, -0.25) is 29.3 Å². The number of fused-ring (bicyclic) bond motifs is 5. The first-order chi connectivity index (χ1) is 21.2. The summed E-state index contributed by atoms with van der Waals surface area (Å²) in [6, 6.07) is 10.7. The van der Waals surface area contributed by atoms with Gasteiger partial charge >= 0.3 is 0 Å². The van der Waals surface area contributed by atoms with E-state index in [4.69, 9.17) is 9.47 Å². The molecule has 0 radical (unpaired) electrons. The lowest BCUT2D eigenvalue weighted by Crippen LogP contribution is -2.55. The van der Waals surface area contributed by atoms with Crippen molar-refractivity contribution in [3.63, 3.8) is 0 Å². The SMILES string of the molecule is COc1cc2cc(c1OC)-c1cncc(c1)C(=O)NC1(CC1)C(=O)N[C@H](CC(C)C)C(=O)NCCN(Cc1ccccn1)C2. The highest BCUT2D eigenvalue weighted by Gasteiger charge is 2.52. The summed E-state index contributed by atoms with van der Waals surface area (Å²) in [5.74, 6) is 0.207. The Morgan fingerprint density at radius 1 is 1.05 bits per heavy atom. The van der Waals surface area contributed by atoms with Crippen LogP contribution in [0.1, 0.15) is 54.7 Å². The first-order valence-corrected chi connectivity index (χ1v) is 14.9. The number of hydrogen-bond donors (Lipinski definition) is 3. The molecule has 2 aliphatic rings. The highest BCUT2D eigenvalue weighted by molar-refractivity contribution is 6.02. The van der Waals surface area contributed by atoms with Gasteiger partial charge in [-0.25, -0.2) is 0 Å². The molecule has 44 heavy (non-hydrogen) atoms. The lowest BCUT2D eigenvalue weighted by molar-refractivity contribution is -0.130. The number of carbonyl (C=O) groups is 3. The summed E-state index contributed by atoms with van der Waals surface area (Å²) >= 11 is 0. The number of benzene rings is 1. The molecular formula is C33H40N6O5. The molecule has 3 amide bonds. The van der Waals surface area contributed by atoms with E-state index in [2.05, 4.69) is 30.8 Å². The normalized spacial score (nSPS) is 18.9. The third kappa shape index (κ3) is 7.16. The van der Waals surface area contributed by atoms with Gasteiger partial charge in [0.15, 0.2) is 11.5 Å². The second-order valence-corrected chi connectivity index (χ2v) is 11.9. The van der Waals surface area contributed by atoms with Crippen LogP contribution >= 0.6 is 0 Å². The van der Waals surface area contributed by atoms with Crippen molar-refractivity contribution in [2.75, 3.05) is 27.3 Å². The van der Waals surface area contributed by atoms with Crippen LogP contribution in [-0.4, -0.2) is 71.5 Å². The predicted molar refractivity (Wildman–Crippen MR) is 165 cm³/mol. The van der Waals surface area contributed by atoms with Crippen molar-refractivity contribution in [3.05, 3.63) is 71.8 Å². The average molecular weight is 601 g/mol. The lowest BCUT2D eigenvalue weighted by Gasteiger charge is -2.26. The quantitative estimate of drug-likeness (QED) is 0.393. The molecule has 1 aromatic carbocycles. The zero-order chi connectivity index (χ0) is 31.3. The van der Waals surface area contributed by atoms with Gasteiger partial charge in [-0.05, 0) is 61.1 Å². The van der Waals surface area contributed by atoms with E-state index in [9.17, 15) is 14.4 Å². The summed E-state index contributed by atoms with van der Waals surface area (Å²) in [6.07, 6.45) is 6.36. The molecule has 1 atom stereocenters. The minimum atomic E-state index is -1.06. The summed E-state index contributed by atoms with van der Waals surface area (Å²) in [5.41, 5.74) is 2.47. The van der Waals surface area contributed by atoms with Crippen molar-refractivity contribution >= 4 is 17.7 Å². The van der Waals surface area contributed by atoms with Crippen molar-refractivity contribution in [1.82, 2.24) is 30.8 Å². The fourth-order valence-electron chi connectivity index (χ4n) is 5.51. The van der Waals surface area contributed by atoms with Gasteiger partial charge in [-0.2, -0.15) is 0 Å². The number of pyridine rings is 2. The highest BCUT2D eigenvalue weighted by atomic mass is 16.5. The lowest BCUT2D eigenvalue weighted by atomic mass is 10.00. The molecule has 1 saturated carbocycles. The minimum Gasteiger partial charge on any atom is -0.493 e. The molecule has 0 saturated heterocycles. The second-order valence-electron chi connectivity index (χ2n) is 11.9. The maximum Gasteiger partial charge on any atom is 0.253 e. The molecule has 5 rings (SSSR count). The van der Waals surface area contributed by atoms with Crippen molar-refractivity contribution < 1.29 is 23.9 Å². The minimum absolute atomic E-state index is 0.169. The number of carbonyl (C=O) groups excluding carboxylic acids is 3. The number of hydrogen-bond acceptors (Lipinski definition) is 8. The molecule has 4 bridgehead atoms. The van der Waals surface area contributed by atoms with Crippen LogP contribution < -0.4 is 25.4 Å². The van der Waals surface area contributed by atoms with Gasteiger partial charge in [-0.1, -0.05) is 19.9 Å². The summed E-state index contributed by atoms with van der Waals surface area (Å²) in [7, 11) is 3.16. The summed E-state index contributed by atoms with van der Waals surface area (Å²) in [6.45, 7) is 5.97. The zero-order valence-corrected chi connectivity index (χ0v) is 25.7. The zero-order valence-electron chi connectivity index (χ0n) is 25.7. The molecule has 3 heterocycles. The number of aromatic nitrogens is 2. The number of methoxy groups -OCH3 is 2. The highest BCUT2D eigenvalue weighted by Crippen LogP contribution is 2.40. The Bertz CT molecular complexity index is 1510. The molecule has 1 aliphatic heterocycles. The first-order valence-electron chi connectivity index (χ1n) is 14.9. The van der Waals surface area contributed by atoms with E-state index in [0.717, 1.165) is 11.3 Å². The number of nitrogens with one attached hydrogen (secondary N) is 3. The molecule has 11 nitrogen and oxygen atoms in total. The van der Waals surface area contributed by atoms with E-state index in [1.54, 1.807) is 32.7 Å². The molecule has 11 heteroatoms. The van der Waals surface area contributed by atoms with Gasteiger partial charge in [0.1, 0.15) is 11.6 Å². The van der Waals surface area contributed by atoms with E-state index in [0.29, 0.717) is 73.6 Å². The molecule has 3 N–H and O–H groups in total. The van der Waals surface area contributed by atoms with E-state index in [-0.39, 0.29) is 17.7 Å². The van der Waals surface area contributed by atoms with Gasteiger partial charge in [-0.15, -0.1) is 0 Å². The van der Waals surface area contributed by atoms with Crippen molar-refractivity contribution in [2.24, 2.45) is 5.92 Å². The molecule has 1 spiro atoms. The van der Waals surface area contributed by atoms with Crippen LogP contribution in [0.4, 0.5) is 0 Å². The third-order valence-corrected chi connectivity index (χ3v) is 7.96. The summed E-state index contributed by atoms with van der Waals surface area (Å²) < 4.78 is 11.5. The molecular weight excluding hydrogens is 560 g/mol. The molecule has 3 aromatic rings. The van der Waals surface area contributed by atoms with Crippen LogP contribution in [0.5, 0.6) is 11.5 Å². The smallest absolute Gasteiger partial charge is 0.253 e. The molecule has 1 aliphatic carbocycles. The Hall–Kier alpha value is -4.51. The maximum absolute atomic E-state index is 13.5. The van der Waals surface area contributed by atoms with Gasteiger partial charge in [0.25, 0.3) is 5.91 Å². The largest absolute Gasteiger partial charge is 0.493 e. The maximum atomic E-state index is 13.5. The Morgan fingerprint density at radius 3 is 2.52 bits per heavy atom. The van der Waals surface area contributed by atoms with E-state index in [1.165, 1.54) is 6.20 Å². The van der Waals surface area contributed by atoms with Crippen LogP contribution in [0.3, 0.4) is 0 Å². The first kappa shape index (κ1) is 30.9. The van der Waals surface area contributed by atoms with Crippen LogP contribution in [0.25, 0.3) is 11.1 Å². The van der Waals surface area contributed by atoms with Gasteiger partial charge in [0, 0.05) is 55.9 Å². The van der Waals surface area contributed by atoms with Crippen LogP contribution in [0, 0.1) is 5.92 Å². The Kier molecular flexibility index (Phi) is 9.43. The van der Waals surface area contributed by atoms with Crippen LogP contribution in [0.2, 0.25) is 0 Å². The predicted octanol–water partition coefficient (Wildman–Crippen LogP) is 3.09. The molecule has 1 fully saturated rings. The third-order valence-electron chi connectivity index (χ3n) is 7.96. The van der Waals surface area contributed by atoms with Crippen molar-refractivity contribution in [3.8, 4) is 22.6 Å². The van der Waals surface area contributed by atoms with Gasteiger partial charge in [0.2, 0.25) is 11.8 Å². The monoisotopic (exact) mass is 600 g/mol. The molecule has 0 unspecified atom stereocenters. The average Bonchev–Trinajstić information content (AvgIpc) is 3.80. The number of ether oxygens (including phenoxy) is 2. The standard InChI is InChI=1S/C33H40N6O5/c1-21(2)13-27-31(41)36-11-12-39(20-25-7-5-6-10-35-25)19-22-14-26(29(44-4)28(15-22)43-3)23-16-24(18-34-17-23)30(40)38-33(8-9-33)32(42)37-27/h5-7,10,14-18,21,27H,8-9,11-13,19-20H2,1-4H3,(H,36,41)(H,37,42)(H,38,40)/t27-/m1/s1.